The average Bonchev–Trinajstić information content (AvgIpc) is 2.86. The van der Waals surface area contributed by atoms with Gasteiger partial charge in [0, 0.05) is 18.1 Å². The third kappa shape index (κ3) is 3.11. The number of nitrogens with zero attached hydrogens (tertiary/aromatic N) is 1. The molecule has 1 N–H and O–H groups in total. The van der Waals surface area contributed by atoms with Crippen LogP contribution in [-0.4, -0.2) is 23.5 Å². The molecule has 2 aromatic rings. The highest BCUT2D eigenvalue weighted by Crippen LogP contribution is 2.23. The maximum absolute atomic E-state index is 8.83. The van der Waals surface area contributed by atoms with Gasteiger partial charge in [0.05, 0.1) is 13.2 Å². The smallest absolute Gasteiger partial charge is 0.139 e. The molecule has 0 aliphatic carbocycles. The summed E-state index contributed by atoms with van der Waals surface area (Å²) < 4.78 is 10.7. The maximum Gasteiger partial charge on any atom is 0.139 e. The summed E-state index contributed by atoms with van der Waals surface area (Å²) >= 11 is 0. The number of ether oxygens (including phenoxy) is 1. The fraction of sp³-hybridized carbons (Fsp3) is 0.357. The molecule has 0 aliphatic heterocycles. The topological polar surface area (TPSA) is 55.5 Å². The highest BCUT2D eigenvalue weighted by molar-refractivity contribution is 5.60. The van der Waals surface area contributed by atoms with E-state index in [-0.39, 0.29) is 6.61 Å². The summed E-state index contributed by atoms with van der Waals surface area (Å²) in [7, 11) is 0. The minimum Gasteiger partial charge on any atom is -0.494 e. The molecule has 2 rings (SSSR count). The standard InChI is InChI=1S/C14H17NO3/c1-2-8-17-12-5-3-4-11(9-12)14-10-13(6-7-16)18-15-14/h3-5,9-10,16H,2,6-8H2,1H3. The molecule has 0 bridgehead atoms. The van der Waals surface area contributed by atoms with Gasteiger partial charge < -0.3 is 14.4 Å². The summed E-state index contributed by atoms with van der Waals surface area (Å²) in [6.45, 7) is 2.84. The van der Waals surface area contributed by atoms with Crippen molar-refractivity contribution in [1.82, 2.24) is 5.16 Å². The van der Waals surface area contributed by atoms with Crippen LogP contribution in [0.1, 0.15) is 19.1 Å². The lowest BCUT2D eigenvalue weighted by Crippen LogP contribution is -1.94. The minimum absolute atomic E-state index is 0.0638. The fourth-order valence-electron chi connectivity index (χ4n) is 1.64. The van der Waals surface area contributed by atoms with E-state index in [9.17, 15) is 0 Å². The van der Waals surface area contributed by atoms with Crippen molar-refractivity contribution in [2.75, 3.05) is 13.2 Å². The summed E-state index contributed by atoms with van der Waals surface area (Å²) in [5.41, 5.74) is 1.72. The Hall–Kier alpha value is -1.81. The Morgan fingerprint density at radius 1 is 1.33 bits per heavy atom. The second-order valence-electron chi connectivity index (χ2n) is 4.03. The molecule has 0 atom stereocenters. The van der Waals surface area contributed by atoms with Crippen LogP contribution in [-0.2, 0) is 6.42 Å². The van der Waals surface area contributed by atoms with Crippen molar-refractivity contribution in [2.45, 2.75) is 19.8 Å². The molecular formula is C14H17NO3. The van der Waals surface area contributed by atoms with Crippen molar-refractivity contribution in [1.29, 1.82) is 0 Å². The number of aliphatic hydroxyl groups excluding tert-OH is 1. The van der Waals surface area contributed by atoms with Gasteiger partial charge in [0.25, 0.3) is 0 Å². The van der Waals surface area contributed by atoms with Crippen molar-refractivity contribution in [3.63, 3.8) is 0 Å². The van der Waals surface area contributed by atoms with Crippen molar-refractivity contribution >= 4 is 0 Å². The van der Waals surface area contributed by atoms with Crippen LogP contribution in [0, 0.1) is 0 Å². The Bertz CT molecular complexity index is 493. The summed E-state index contributed by atoms with van der Waals surface area (Å²) in [5, 5.41) is 12.8. The largest absolute Gasteiger partial charge is 0.494 e. The van der Waals surface area contributed by atoms with E-state index in [0.29, 0.717) is 18.8 Å². The molecule has 1 heterocycles. The first-order valence-electron chi connectivity index (χ1n) is 6.13. The Balaban J connectivity index is 2.15. The Morgan fingerprint density at radius 2 is 2.22 bits per heavy atom. The normalized spacial score (nSPS) is 10.6. The highest BCUT2D eigenvalue weighted by atomic mass is 16.5. The fourth-order valence-corrected chi connectivity index (χ4v) is 1.64. The maximum atomic E-state index is 8.83. The first-order chi connectivity index (χ1) is 8.83. The molecule has 0 amide bonds. The summed E-state index contributed by atoms with van der Waals surface area (Å²) in [5.74, 6) is 1.52. The summed E-state index contributed by atoms with van der Waals surface area (Å²) in [4.78, 5) is 0. The van der Waals surface area contributed by atoms with Gasteiger partial charge in [-0.25, -0.2) is 0 Å². The van der Waals surface area contributed by atoms with Gasteiger partial charge in [0.15, 0.2) is 0 Å². The number of benzene rings is 1. The first kappa shape index (κ1) is 12.6. The number of aromatic nitrogens is 1. The van der Waals surface area contributed by atoms with E-state index in [2.05, 4.69) is 12.1 Å². The van der Waals surface area contributed by atoms with Crippen LogP contribution in [0.15, 0.2) is 34.9 Å². The van der Waals surface area contributed by atoms with Crippen molar-refractivity contribution < 1.29 is 14.4 Å². The van der Waals surface area contributed by atoms with Crippen LogP contribution < -0.4 is 4.74 Å². The molecule has 0 aliphatic rings. The zero-order valence-corrected chi connectivity index (χ0v) is 10.4. The van der Waals surface area contributed by atoms with E-state index in [1.165, 1.54) is 0 Å². The van der Waals surface area contributed by atoms with E-state index in [1.807, 2.05) is 30.3 Å². The third-order valence-corrected chi connectivity index (χ3v) is 2.52. The summed E-state index contributed by atoms with van der Waals surface area (Å²) in [6, 6.07) is 9.60. The van der Waals surface area contributed by atoms with Crippen LogP contribution in [0.5, 0.6) is 5.75 Å². The lowest BCUT2D eigenvalue weighted by Gasteiger charge is -2.05. The third-order valence-electron chi connectivity index (χ3n) is 2.52. The van der Waals surface area contributed by atoms with E-state index < -0.39 is 0 Å². The molecule has 0 spiro atoms. The molecule has 18 heavy (non-hydrogen) atoms. The quantitative estimate of drug-likeness (QED) is 0.852. The Kier molecular flexibility index (Phi) is 4.36. The van der Waals surface area contributed by atoms with Crippen LogP contribution in [0.4, 0.5) is 0 Å². The molecule has 0 fully saturated rings. The van der Waals surface area contributed by atoms with Crippen LogP contribution in [0.2, 0.25) is 0 Å². The highest BCUT2D eigenvalue weighted by Gasteiger charge is 2.07. The monoisotopic (exact) mass is 247 g/mol. The van der Waals surface area contributed by atoms with Crippen molar-refractivity contribution in [2.24, 2.45) is 0 Å². The number of rotatable bonds is 6. The second kappa shape index (κ2) is 6.21. The predicted molar refractivity (Wildman–Crippen MR) is 68.5 cm³/mol. The minimum atomic E-state index is 0.0638. The second-order valence-corrected chi connectivity index (χ2v) is 4.03. The lowest BCUT2D eigenvalue weighted by atomic mass is 10.1. The van der Waals surface area contributed by atoms with Gasteiger partial charge >= 0.3 is 0 Å². The van der Waals surface area contributed by atoms with E-state index >= 15 is 0 Å². The molecule has 1 aromatic heterocycles. The van der Waals surface area contributed by atoms with Crippen molar-refractivity contribution in [3.8, 4) is 17.0 Å². The van der Waals surface area contributed by atoms with Gasteiger partial charge in [-0.3, -0.25) is 0 Å². The Labute approximate surface area is 106 Å². The van der Waals surface area contributed by atoms with Crippen molar-refractivity contribution in [3.05, 3.63) is 36.1 Å². The van der Waals surface area contributed by atoms with E-state index in [0.717, 1.165) is 23.4 Å². The van der Waals surface area contributed by atoms with Gasteiger partial charge in [-0.05, 0) is 18.6 Å². The van der Waals surface area contributed by atoms with Gasteiger partial charge in [0.2, 0.25) is 0 Å². The number of hydrogen-bond donors (Lipinski definition) is 1. The Morgan fingerprint density at radius 3 is 3.00 bits per heavy atom. The zero-order chi connectivity index (χ0) is 12.8. The number of hydrogen-bond acceptors (Lipinski definition) is 4. The molecule has 0 saturated carbocycles. The van der Waals surface area contributed by atoms with Gasteiger partial charge in [-0.1, -0.05) is 24.2 Å². The number of aliphatic hydroxyl groups is 1. The molecule has 96 valence electrons. The molecule has 0 unspecified atom stereocenters. The molecule has 0 radical (unpaired) electrons. The summed E-state index contributed by atoms with van der Waals surface area (Å²) in [6.07, 6.45) is 1.47. The van der Waals surface area contributed by atoms with Crippen LogP contribution >= 0.6 is 0 Å². The van der Waals surface area contributed by atoms with Gasteiger partial charge in [-0.2, -0.15) is 0 Å². The lowest BCUT2D eigenvalue weighted by molar-refractivity contribution is 0.277. The van der Waals surface area contributed by atoms with E-state index in [4.69, 9.17) is 14.4 Å². The zero-order valence-electron chi connectivity index (χ0n) is 10.4. The van der Waals surface area contributed by atoms with E-state index in [1.54, 1.807) is 0 Å². The first-order valence-corrected chi connectivity index (χ1v) is 6.13. The SMILES string of the molecule is CCCOc1cccc(-c2cc(CCO)on2)c1. The van der Waals surface area contributed by atoms with Crippen LogP contribution in [0.3, 0.4) is 0 Å². The molecular weight excluding hydrogens is 230 g/mol. The van der Waals surface area contributed by atoms with Gasteiger partial charge in [-0.15, -0.1) is 0 Å². The average molecular weight is 247 g/mol. The van der Waals surface area contributed by atoms with Gasteiger partial charge in [0.1, 0.15) is 17.2 Å². The molecule has 4 nitrogen and oxygen atoms in total. The molecule has 1 aromatic carbocycles. The van der Waals surface area contributed by atoms with Crippen LogP contribution in [0.25, 0.3) is 11.3 Å². The predicted octanol–water partition coefficient (Wildman–Crippen LogP) is 2.67. The molecule has 4 heteroatoms. The molecule has 0 saturated heterocycles.